The van der Waals surface area contributed by atoms with Crippen LogP contribution in [0.25, 0.3) is 5.69 Å². The number of carbonyl (C=O) groups excluding carboxylic acids is 1. The van der Waals surface area contributed by atoms with Gasteiger partial charge in [-0.05, 0) is 31.2 Å². The first-order valence-corrected chi connectivity index (χ1v) is 9.43. The fourth-order valence-electron chi connectivity index (χ4n) is 3.57. The molecule has 0 fully saturated rings. The molecule has 1 atom stereocenters. The van der Waals surface area contributed by atoms with Crippen molar-refractivity contribution in [3.8, 4) is 17.2 Å². The molecule has 0 spiro atoms. The van der Waals surface area contributed by atoms with Crippen molar-refractivity contribution in [3.05, 3.63) is 64.8 Å². The molecule has 1 aliphatic heterocycles. The summed E-state index contributed by atoms with van der Waals surface area (Å²) >= 11 is 6.13. The summed E-state index contributed by atoms with van der Waals surface area (Å²) in [6.07, 6.45) is 2.09. The van der Waals surface area contributed by atoms with E-state index in [1.165, 1.54) is 0 Å². The lowest BCUT2D eigenvalue weighted by Gasteiger charge is -2.26. The average Bonchev–Trinajstić information content (AvgIpc) is 3.11. The molecule has 6 nitrogen and oxygen atoms in total. The summed E-state index contributed by atoms with van der Waals surface area (Å²) in [4.78, 5) is 12.5. The first kappa shape index (κ1) is 18.4. The number of aromatic nitrogens is 2. The van der Waals surface area contributed by atoms with Gasteiger partial charge in [-0.15, -0.1) is 0 Å². The fourth-order valence-corrected chi connectivity index (χ4v) is 3.75. The molecular weight excluding hydrogens is 378 g/mol. The number of hydrogen-bond acceptors (Lipinski definition) is 4. The van der Waals surface area contributed by atoms with E-state index >= 15 is 0 Å². The van der Waals surface area contributed by atoms with Gasteiger partial charge in [0.15, 0.2) is 11.5 Å². The molecule has 1 aromatic heterocycles. The number of rotatable bonds is 5. The number of benzene rings is 2. The normalized spacial score (nSPS) is 15.7. The molecule has 7 heteroatoms. The van der Waals surface area contributed by atoms with Gasteiger partial charge >= 0.3 is 0 Å². The first-order chi connectivity index (χ1) is 13.6. The van der Waals surface area contributed by atoms with E-state index < -0.39 is 0 Å². The average molecular weight is 398 g/mol. The van der Waals surface area contributed by atoms with Gasteiger partial charge in [-0.2, -0.15) is 5.10 Å². The predicted molar refractivity (Wildman–Crippen MR) is 108 cm³/mol. The van der Waals surface area contributed by atoms with E-state index in [4.69, 9.17) is 21.1 Å². The quantitative estimate of drug-likeness (QED) is 0.692. The molecule has 0 unspecified atom stereocenters. The Morgan fingerprint density at radius 2 is 2.07 bits per heavy atom. The predicted octanol–water partition coefficient (Wildman–Crippen LogP) is 4.41. The van der Waals surface area contributed by atoms with Gasteiger partial charge in [0.05, 0.1) is 25.6 Å². The van der Waals surface area contributed by atoms with Crippen molar-refractivity contribution in [2.24, 2.45) is 0 Å². The Morgan fingerprint density at radius 1 is 1.25 bits per heavy atom. The van der Waals surface area contributed by atoms with E-state index in [1.807, 2.05) is 43.3 Å². The number of ether oxygens (including phenoxy) is 2. The SMILES string of the molecule is CCOc1c(OC)cccc1[C@H]1CC(=O)Nc2c1cnn2-c1cccc(Cl)c1. The molecule has 0 radical (unpaired) electrons. The van der Waals surface area contributed by atoms with Crippen LogP contribution in [0.4, 0.5) is 5.82 Å². The van der Waals surface area contributed by atoms with Crippen molar-refractivity contribution in [2.45, 2.75) is 19.3 Å². The molecule has 1 aliphatic rings. The van der Waals surface area contributed by atoms with Gasteiger partial charge in [-0.3, -0.25) is 4.79 Å². The van der Waals surface area contributed by atoms with Crippen molar-refractivity contribution in [1.29, 1.82) is 0 Å². The third kappa shape index (κ3) is 3.20. The summed E-state index contributed by atoms with van der Waals surface area (Å²) < 4.78 is 13.0. The van der Waals surface area contributed by atoms with E-state index in [1.54, 1.807) is 24.1 Å². The Morgan fingerprint density at radius 3 is 2.82 bits per heavy atom. The van der Waals surface area contributed by atoms with Crippen LogP contribution >= 0.6 is 11.6 Å². The smallest absolute Gasteiger partial charge is 0.226 e. The zero-order valence-corrected chi connectivity index (χ0v) is 16.4. The molecule has 2 heterocycles. The van der Waals surface area contributed by atoms with Crippen molar-refractivity contribution in [3.63, 3.8) is 0 Å². The van der Waals surface area contributed by atoms with Crippen LogP contribution in [0.3, 0.4) is 0 Å². The Hall–Kier alpha value is -2.99. The Bertz CT molecular complexity index is 1030. The molecule has 1 amide bonds. The molecule has 0 bridgehead atoms. The van der Waals surface area contributed by atoms with Crippen LogP contribution in [-0.4, -0.2) is 29.4 Å². The van der Waals surface area contributed by atoms with Crippen molar-refractivity contribution in [2.75, 3.05) is 19.0 Å². The van der Waals surface area contributed by atoms with Crippen LogP contribution in [0.2, 0.25) is 5.02 Å². The minimum Gasteiger partial charge on any atom is -0.493 e. The maximum atomic E-state index is 12.5. The fraction of sp³-hybridized carbons (Fsp3) is 0.238. The third-order valence-electron chi connectivity index (χ3n) is 4.77. The van der Waals surface area contributed by atoms with Crippen LogP contribution in [0.5, 0.6) is 11.5 Å². The minimum absolute atomic E-state index is 0.0773. The van der Waals surface area contributed by atoms with Crippen LogP contribution in [-0.2, 0) is 4.79 Å². The summed E-state index contributed by atoms with van der Waals surface area (Å²) in [7, 11) is 1.61. The van der Waals surface area contributed by atoms with Gasteiger partial charge in [0.1, 0.15) is 5.82 Å². The van der Waals surface area contributed by atoms with Crippen molar-refractivity contribution in [1.82, 2.24) is 9.78 Å². The molecular formula is C21H20ClN3O3. The number of carbonyl (C=O) groups is 1. The second kappa shape index (κ2) is 7.56. The van der Waals surface area contributed by atoms with Gasteiger partial charge < -0.3 is 14.8 Å². The lowest BCUT2D eigenvalue weighted by atomic mass is 9.86. The van der Waals surface area contributed by atoms with Crippen LogP contribution < -0.4 is 14.8 Å². The number of nitrogens with one attached hydrogen (secondary N) is 1. The number of anilines is 1. The zero-order chi connectivity index (χ0) is 19.7. The molecule has 3 aromatic rings. The van der Waals surface area contributed by atoms with Gasteiger partial charge in [0, 0.05) is 28.5 Å². The molecule has 1 N–H and O–H groups in total. The van der Waals surface area contributed by atoms with Crippen LogP contribution in [0.15, 0.2) is 48.7 Å². The maximum Gasteiger partial charge on any atom is 0.226 e. The highest BCUT2D eigenvalue weighted by atomic mass is 35.5. The Labute approximate surface area is 168 Å². The molecule has 0 saturated heterocycles. The summed E-state index contributed by atoms with van der Waals surface area (Å²) in [5.41, 5.74) is 2.61. The van der Waals surface area contributed by atoms with Crippen LogP contribution in [0, 0.1) is 0 Å². The Balaban J connectivity index is 1.84. The van der Waals surface area contributed by atoms with Gasteiger partial charge in [0.2, 0.25) is 5.91 Å². The number of para-hydroxylation sites is 1. The Kier molecular flexibility index (Phi) is 4.96. The van der Waals surface area contributed by atoms with E-state index in [9.17, 15) is 4.79 Å². The molecule has 0 saturated carbocycles. The van der Waals surface area contributed by atoms with E-state index in [-0.39, 0.29) is 11.8 Å². The van der Waals surface area contributed by atoms with E-state index in [0.717, 1.165) is 16.8 Å². The summed E-state index contributed by atoms with van der Waals surface area (Å²) in [6, 6.07) is 13.1. The molecule has 0 aliphatic carbocycles. The molecule has 28 heavy (non-hydrogen) atoms. The summed E-state index contributed by atoms with van der Waals surface area (Å²) in [5, 5.41) is 8.07. The van der Waals surface area contributed by atoms with Gasteiger partial charge in [-0.1, -0.05) is 29.8 Å². The molecule has 4 rings (SSSR count). The van der Waals surface area contributed by atoms with Gasteiger partial charge in [-0.25, -0.2) is 4.68 Å². The molecule has 144 valence electrons. The monoisotopic (exact) mass is 397 g/mol. The summed E-state index contributed by atoms with van der Waals surface area (Å²) in [6.45, 7) is 2.42. The lowest BCUT2D eigenvalue weighted by Crippen LogP contribution is -2.25. The highest BCUT2D eigenvalue weighted by Gasteiger charge is 2.33. The van der Waals surface area contributed by atoms with E-state index in [2.05, 4.69) is 10.4 Å². The highest BCUT2D eigenvalue weighted by Crippen LogP contribution is 2.44. The number of hydrogen-bond donors (Lipinski definition) is 1. The minimum atomic E-state index is -0.187. The number of amides is 1. The van der Waals surface area contributed by atoms with E-state index in [0.29, 0.717) is 35.4 Å². The zero-order valence-electron chi connectivity index (χ0n) is 15.6. The topological polar surface area (TPSA) is 65.4 Å². The lowest BCUT2D eigenvalue weighted by molar-refractivity contribution is -0.116. The summed E-state index contributed by atoms with van der Waals surface area (Å²) in [5.74, 6) is 1.69. The second-order valence-corrected chi connectivity index (χ2v) is 6.89. The third-order valence-corrected chi connectivity index (χ3v) is 5.00. The number of fused-ring (bicyclic) bond motifs is 1. The van der Waals surface area contributed by atoms with Gasteiger partial charge in [0.25, 0.3) is 0 Å². The second-order valence-electron chi connectivity index (χ2n) is 6.46. The standard InChI is InChI=1S/C21H20ClN3O3/c1-3-28-20-15(8-5-9-18(20)27-2)16-11-19(26)24-21-17(16)12-23-25(21)14-7-4-6-13(22)10-14/h4-10,12,16H,3,11H2,1-2H3,(H,24,26)/t16-/m1/s1. The van der Waals surface area contributed by atoms with Crippen molar-refractivity contribution >= 4 is 23.3 Å². The molecule has 2 aromatic carbocycles. The van der Waals surface area contributed by atoms with Crippen LogP contribution in [0.1, 0.15) is 30.4 Å². The largest absolute Gasteiger partial charge is 0.493 e. The number of nitrogens with zero attached hydrogens (tertiary/aromatic N) is 2. The number of methoxy groups -OCH3 is 1. The first-order valence-electron chi connectivity index (χ1n) is 9.05. The number of halogens is 1. The van der Waals surface area contributed by atoms with Crippen molar-refractivity contribution < 1.29 is 14.3 Å². The highest BCUT2D eigenvalue weighted by molar-refractivity contribution is 6.30. The maximum absolute atomic E-state index is 12.5.